The summed E-state index contributed by atoms with van der Waals surface area (Å²) in [4.78, 5) is 18.2. The third kappa shape index (κ3) is 5.08. The first kappa shape index (κ1) is 21.6. The maximum Gasteiger partial charge on any atom is 0.261 e. The van der Waals surface area contributed by atoms with E-state index in [4.69, 9.17) is 16.3 Å². The number of carbonyl (C=O) groups excluding carboxylic acids is 1. The average Bonchev–Trinajstić information content (AvgIpc) is 2.74. The number of anilines is 1. The summed E-state index contributed by atoms with van der Waals surface area (Å²) in [6.07, 6.45) is 2.98. The van der Waals surface area contributed by atoms with Crippen LogP contribution in [0.1, 0.15) is 15.9 Å². The second-order valence-electron chi connectivity index (χ2n) is 6.48. The number of benzene rings is 2. The molecule has 1 N–H and O–H groups in total. The van der Waals surface area contributed by atoms with Crippen molar-refractivity contribution in [1.82, 2.24) is 9.88 Å². The quantitative estimate of drug-likeness (QED) is 0.597. The van der Waals surface area contributed by atoms with Crippen LogP contribution in [0.25, 0.3) is 0 Å². The first-order chi connectivity index (χ1) is 14.3. The number of amides is 1. The number of hydrogen-bond donors (Lipinski definition) is 1. The standard InChI is InChI=1S/C21H20ClN3O4S/c1-25(14-16-13-17(22)5-8-20(16)29-2)21(26)15-3-6-19(7-4-15)30(27,28)24-18-9-11-23-12-10-18/h3-13H,14H2,1-2H3,(H,23,24). The number of nitrogens with one attached hydrogen (secondary N) is 1. The van der Waals surface area contributed by atoms with Crippen LogP contribution in [0.2, 0.25) is 5.02 Å². The highest BCUT2D eigenvalue weighted by Gasteiger charge is 2.18. The van der Waals surface area contributed by atoms with Gasteiger partial charge in [0.05, 0.1) is 17.7 Å². The molecule has 0 bridgehead atoms. The second-order valence-corrected chi connectivity index (χ2v) is 8.60. The second kappa shape index (κ2) is 9.15. The Labute approximate surface area is 180 Å². The van der Waals surface area contributed by atoms with Crippen molar-refractivity contribution in [3.05, 3.63) is 83.1 Å². The molecule has 0 aliphatic rings. The predicted octanol–water partition coefficient (Wildman–Crippen LogP) is 3.82. The van der Waals surface area contributed by atoms with E-state index < -0.39 is 10.0 Å². The largest absolute Gasteiger partial charge is 0.496 e. The van der Waals surface area contributed by atoms with Gasteiger partial charge in [-0.15, -0.1) is 0 Å². The number of pyridine rings is 1. The molecule has 0 aliphatic carbocycles. The Hall–Kier alpha value is -3.10. The molecular formula is C21H20ClN3O4S. The van der Waals surface area contributed by atoms with Crippen LogP contribution >= 0.6 is 11.6 Å². The summed E-state index contributed by atoms with van der Waals surface area (Å²) in [6.45, 7) is 0.284. The van der Waals surface area contributed by atoms with Gasteiger partial charge in [0.25, 0.3) is 15.9 Å². The molecule has 3 aromatic rings. The van der Waals surface area contributed by atoms with Gasteiger partial charge in [-0.2, -0.15) is 0 Å². The maximum absolute atomic E-state index is 12.8. The van der Waals surface area contributed by atoms with Gasteiger partial charge in [-0.1, -0.05) is 11.6 Å². The lowest BCUT2D eigenvalue weighted by molar-refractivity contribution is 0.0784. The Morgan fingerprint density at radius 1 is 1.10 bits per heavy atom. The molecule has 2 aromatic carbocycles. The SMILES string of the molecule is COc1ccc(Cl)cc1CN(C)C(=O)c1ccc(S(=O)(=O)Nc2ccncc2)cc1. The number of rotatable bonds is 7. The number of ether oxygens (including phenoxy) is 1. The number of methoxy groups -OCH3 is 1. The van der Waals surface area contributed by atoms with Gasteiger partial charge in [0.1, 0.15) is 5.75 Å². The van der Waals surface area contributed by atoms with Crippen molar-refractivity contribution < 1.29 is 17.9 Å². The van der Waals surface area contributed by atoms with Gasteiger partial charge in [-0.3, -0.25) is 14.5 Å². The number of halogens is 1. The van der Waals surface area contributed by atoms with Gasteiger partial charge in [0, 0.05) is 42.1 Å². The third-order valence-corrected chi connectivity index (χ3v) is 5.97. The van der Waals surface area contributed by atoms with E-state index in [-0.39, 0.29) is 17.3 Å². The van der Waals surface area contributed by atoms with Crippen molar-refractivity contribution in [3.63, 3.8) is 0 Å². The molecule has 0 aliphatic heterocycles. The summed E-state index contributed by atoms with van der Waals surface area (Å²) >= 11 is 6.05. The number of hydrogen-bond acceptors (Lipinski definition) is 5. The molecule has 0 spiro atoms. The zero-order chi connectivity index (χ0) is 21.7. The summed E-state index contributed by atoms with van der Waals surface area (Å²) in [7, 11) is -0.572. The Morgan fingerprint density at radius 2 is 1.77 bits per heavy atom. The predicted molar refractivity (Wildman–Crippen MR) is 115 cm³/mol. The van der Waals surface area contributed by atoms with Crippen LogP contribution in [0.4, 0.5) is 5.69 Å². The highest BCUT2D eigenvalue weighted by Crippen LogP contribution is 2.24. The molecule has 30 heavy (non-hydrogen) atoms. The maximum atomic E-state index is 12.8. The van der Waals surface area contributed by atoms with E-state index in [0.29, 0.717) is 22.0 Å². The molecule has 3 rings (SSSR count). The van der Waals surface area contributed by atoms with Crippen LogP contribution < -0.4 is 9.46 Å². The van der Waals surface area contributed by atoms with E-state index in [1.54, 1.807) is 44.5 Å². The van der Waals surface area contributed by atoms with E-state index >= 15 is 0 Å². The third-order valence-electron chi connectivity index (χ3n) is 4.34. The first-order valence-electron chi connectivity index (χ1n) is 8.91. The molecule has 7 nitrogen and oxygen atoms in total. The van der Waals surface area contributed by atoms with E-state index in [9.17, 15) is 13.2 Å². The Bertz CT molecular complexity index is 1140. The minimum atomic E-state index is -3.77. The van der Waals surface area contributed by atoms with Gasteiger partial charge < -0.3 is 9.64 Å². The summed E-state index contributed by atoms with van der Waals surface area (Å²) in [5.41, 5.74) is 1.53. The van der Waals surface area contributed by atoms with Crippen LogP contribution in [0.5, 0.6) is 5.75 Å². The molecule has 1 heterocycles. The number of nitrogens with zero attached hydrogens (tertiary/aromatic N) is 2. The summed E-state index contributed by atoms with van der Waals surface area (Å²) in [5.74, 6) is 0.366. The van der Waals surface area contributed by atoms with Crippen molar-refractivity contribution in [2.75, 3.05) is 18.9 Å². The molecule has 0 saturated carbocycles. The molecule has 0 saturated heterocycles. The Kier molecular flexibility index (Phi) is 6.59. The average molecular weight is 446 g/mol. The van der Waals surface area contributed by atoms with Crippen molar-refractivity contribution in [3.8, 4) is 5.75 Å². The fourth-order valence-electron chi connectivity index (χ4n) is 2.83. The molecule has 1 aromatic heterocycles. The highest BCUT2D eigenvalue weighted by molar-refractivity contribution is 7.92. The van der Waals surface area contributed by atoms with Gasteiger partial charge >= 0.3 is 0 Å². The Balaban J connectivity index is 1.74. The molecule has 9 heteroatoms. The van der Waals surface area contributed by atoms with Gasteiger partial charge in [-0.05, 0) is 54.6 Å². The highest BCUT2D eigenvalue weighted by atomic mass is 35.5. The smallest absolute Gasteiger partial charge is 0.261 e. The minimum Gasteiger partial charge on any atom is -0.496 e. The molecule has 1 amide bonds. The minimum absolute atomic E-state index is 0.0509. The van der Waals surface area contributed by atoms with Crippen LogP contribution in [-0.2, 0) is 16.6 Å². The summed E-state index contributed by atoms with van der Waals surface area (Å²) in [5, 5.41) is 0.544. The van der Waals surface area contributed by atoms with Crippen LogP contribution in [0.3, 0.4) is 0 Å². The van der Waals surface area contributed by atoms with E-state index in [0.717, 1.165) is 5.56 Å². The summed E-state index contributed by atoms with van der Waals surface area (Å²) < 4.78 is 32.8. The van der Waals surface area contributed by atoms with E-state index in [1.807, 2.05) is 0 Å². The van der Waals surface area contributed by atoms with E-state index in [2.05, 4.69) is 9.71 Å². The normalized spacial score (nSPS) is 11.0. The topological polar surface area (TPSA) is 88.6 Å². The number of carbonyl (C=O) groups is 1. The Morgan fingerprint density at radius 3 is 2.40 bits per heavy atom. The van der Waals surface area contributed by atoms with Crippen molar-refractivity contribution in [2.45, 2.75) is 11.4 Å². The van der Waals surface area contributed by atoms with Gasteiger partial charge in [-0.25, -0.2) is 8.42 Å². The lowest BCUT2D eigenvalue weighted by Crippen LogP contribution is -2.26. The van der Waals surface area contributed by atoms with Crippen molar-refractivity contribution in [1.29, 1.82) is 0 Å². The molecule has 0 atom stereocenters. The molecule has 0 radical (unpaired) electrons. The lowest BCUT2D eigenvalue weighted by atomic mass is 10.1. The zero-order valence-electron chi connectivity index (χ0n) is 16.4. The lowest BCUT2D eigenvalue weighted by Gasteiger charge is -2.19. The van der Waals surface area contributed by atoms with Crippen molar-refractivity contribution >= 4 is 33.2 Å². The fourth-order valence-corrected chi connectivity index (χ4v) is 4.08. The molecule has 0 fully saturated rings. The number of aromatic nitrogens is 1. The van der Waals surface area contributed by atoms with E-state index in [1.165, 1.54) is 41.6 Å². The fraction of sp³-hybridized carbons (Fsp3) is 0.143. The first-order valence-corrected chi connectivity index (χ1v) is 10.8. The van der Waals surface area contributed by atoms with Crippen LogP contribution in [-0.4, -0.2) is 38.4 Å². The summed E-state index contributed by atoms with van der Waals surface area (Å²) in [6, 6.07) is 14.0. The number of sulfonamides is 1. The zero-order valence-corrected chi connectivity index (χ0v) is 17.9. The van der Waals surface area contributed by atoms with Gasteiger partial charge in [0.2, 0.25) is 0 Å². The van der Waals surface area contributed by atoms with Crippen molar-refractivity contribution in [2.24, 2.45) is 0 Å². The monoisotopic (exact) mass is 445 g/mol. The molecule has 156 valence electrons. The van der Waals surface area contributed by atoms with Crippen LogP contribution in [0, 0.1) is 0 Å². The molecule has 0 unspecified atom stereocenters. The van der Waals surface area contributed by atoms with Gasteiger partial charge in [0.15, 0.2) is 0 Å². The van der Waals surface area contributed by atoms with Crippen LogP contribution in [0.15, 0.2) is 71.9 Å². The molecular weight excluding hydrogens is 426 g/mol.